The first-order valence-electron chi connectivity index (χ1n) is 14.2. The number of nitrogens with one attached hydrogen (secondary N) is 1. The molecule has 2 aromatic carbocycles. The quantitative estimate of drug-likeness (QED) is 0.161. The van der Waals surface area contributed by atoms with Crippen molar-refractivity contribution >= 4 is 23.4 Å². The molecule has 2 heterocycles. The number of phenols is 1. The number of nitrogens with zero attached hydrogens (tertiary/aromatic N) is 4. The van der Waals surface area contributed by atoms with E-state index in [9.17, 15) is 14.7 Å². The first-order chi connectivity index (χ1) is 21.4. The maximum Gasteiger partial charge on any atom is 0.320 e. The van der Waals surface area contributed by atoms with Crippen molar-refractivity contribution < 1.29 is 37.7 Å². The van der Waals surface area contributed by atoms with Gasteiger partial charge in [-0.25, -0.2) is 0 Å². The van der Waals surface area contributed by atoms with Crippen LogP contribution < -0.4 is 20.1 Å². The van der Waals surface area contributed by atoms with Crippen LogP contribution in [-0.4, -0.2) is 91.0 Å². The number of pyridine rings is 1. The van der Waals surface area contributed by atoms with Gasteiger partial charge in [-0.15, -0.1) is 0 Å². The summed E-state index contributed by atoms with van der Waals surface area (Å²) in [7, 11) is 4.70. The van der Waals surface area contributed by atoms with Crippen LogP contribution in [0.2, 0.25) is 0 Å². The Kier molecular flexibility index (Phi) is 10.4. The number of aromatic nitrogens is 1. The third kappa shape index (κ3) is 7.76. The molecule has 0 aliphatic carbocycles. The van der Waals surface area contributed by atoms with Crippen molar-refractivity contribution in [2.75, 3.05) is 52.3 Å². The molecule has 14 heteroatoms. The lowest BCUT2D eigenvalue weighted by Gasteiger charge is -2.37. The van der Waals surface area contributed by atoms with E-state index >= 15 is 8.78 Å². The van der Waals surface area contributed by atoms with Crippen molar-refractivity contribution in [3.63, 3.8) is 0 Å². The molecular weight excluding hydrogens is 590 g/mol. The highest BCUT2D eigenvalue weighted by Crippen LogP contribution is 2.41. The standard InChI is InChI=1S/C31H36F2N6O6/c1-5-43-24(41)17-39-13-11-20(12-14-39)38(4)27-25(32)29(44-21-8-6-7-19(15-21)31(42)37(2)3)36-30(26(27)33)45-23-16-18(28(34)35)9-10-22(23)40/h6-10,15-16,20,40H,5,11-14,17H2,1-4H3,(H3,34,35). The van der Waals surface area contributed by atoms with Crippen LogP contribution in [-0.2, 0) is 9.53 Å². The normalized spacial score (nSPS) is 13.6. The lowest BCUT2D eigenvalue weighted by molar-refractivity contribution is -0.144. The van der Waals surface area contributed by atoms with Crippen molar-refractivity contribution in [1.82, 2.24) is 14.8 Å². The number of amidine groups is 1. The number of ether oxygens (including phenoxy) is 3. The second-order valence-electron chi connectivity index (χ2n) is 10.6. The van der Waals surface area contributed by atoms with E-state index in [-0.39, 0.29) is 59.5 Å². The number of amides is 1. The molecule has 0 bridgehead atoms. The Hall–Kier alpha value is -4.98. The smallest absolute Gasteiger partial charge is 0.320 e. The highest BCUT2D eigenvalue weighted by atomic mass is 19.1. The molecule has 240 valence electrons. The molecule has 1 fully saturated rings. The number of phenolic OH excluding ortho intramolecular Hbond substituents is 1. The maximum atomic E-state index is 16.1. The average Bonchev–Trinajstić information content (AvgIpc) is 3.00. The van der Waals surface area contributed by atoms with Crippen molar-refractivity contribution in [2.24, 2.45) is 5.73 Å². The number of esters is 1. The molecular formula is C31H36F2N6O6. The summed E-state index contributed by atoms with van der Waals surface area (Å²) in [6, 6.07) is 9.50. The first kappa shape index (κ1) is 32.9. The van der Waals surface area contributed by atoms with Crippen molar-refractivity contribution in [2.45, 2.75) is 25.8 Å². The van der Waals surface area contributed by atoms with E-state index < -0.39 is 34.8 Å². The van der Waals surface area contributed by atoms with Gasteiger partial charge in [0.2, 0.25) is 11.6 Å². The number of piperidine rings is 1. The zero-order valence-corrected chi connectivity index (χ0v) is 25.5. The largest absolute Gasteiger partial charge is 0.504 e. The predicted molar refractivity (Wildman–Crippen MR) is 162 cm³/mol. The molecule has 0 atom stereocenters. The molecule has 1 amide bonds. The predicted octanol–water partition coefficient (Wildman–Crippen LogP) is 4.10. The van der Waals surface area contributed by atoms with Gasteiger partial charge in [-0.1, -0.05) is 6.07 Å². The molecule has 4 N–H and O–H groups in total. The molecule has 1 saturated heterocycles. The zero-order chi connectivity index (χ0) is 32.8. The van der Waals surface area contributed by atoms with Crippen LogP contribution in [0, 0.1) is 17.0 Å². The molecule has 4 rings (SSSR count). The minimum absolute atomic E-state index is 0.0639. The lowest BCUT2D eigenvalue weighted by atomic mass is 10.0. The van der Waals surface area contributed by atoms with Gasteiger partial charge in [0.25, 0.3) is 17.7 Å². The van der Waals surface area contributed by atoms with Gasteiger partial charge in [0, 0.05) is 51.4 Å². The summed E-state index contributed by atoms with van der Waals surface area (Å²) >= 11 is 0. The maximum absolute atomic E-state index is 16.1. The SMILES string of the molecule is CCOC(=O)CN1CCC(N(C)c2c(F)c(Oc3cccc(C(=O)N(C)C)c3)nc(Oc3cc(C(=N)N)ccc3O)c2F)CC1. The number of nitrogens with two attached hydrogens (primary N) is 1. The Morgan fingerprint density at radius 2 is 1.71 bits per heavy atom. The molecule has 1 aliphatic heterocycles. The summed E-state index contributed by atoms with van der Waals surface area (Å²) in [5, 5.41) is 18.1. The summed E-state index contributed by atoms with van der Waals surface area (Å²) in [6.07, 6.45) is 0.971. The van der Waals surface area contributed by atoms with Crippen LogP contribution in [0.15, 0.2) is 42.5 Å². The Balaban J connectivity index is 1.71. The van der Waals surface area contributed by atoms with Crippen molar-refractivity contribution in [3.05, 3.63) is 65.2 Å². The Morgan fingerprint density at radius 3 is 2.33 bits per heavy atom. The minimum Gasteiger partial charge on any atom is -0.504 e. The molecule has 1 aliphatic rings. The molecule has 0 spiro atoms. The third-order valence-electron chi connectivity index (χ3n) is 7.29. The molecule has 0 radical (unpaired) electrons. The van der Waals surface area contributed by atoms with Crippen LogP contribution in [0.4, 0.5) is 14.5 Å². The number of hydrogen-bond donors (Lipinski definition) is 3. The van der Waals surface area contributed by atoms with Gasteiger partial charge in [0.05, 0.1) is 13.2 Å². The summed E-state index contributed by atoms with van der Waals surface area (Å²) in [4.78, 5) is 33.1. The number of rotatable bonds is 11. The molecule has 12 nitrogen and oxygen atoms in total. The number of halogens is 2. The molecule has 45 heavy (non-hydrogen) atoms. The Bertz CT molecular complexity index is 1580. The van der Waals surface area contributed by atoms with Crippen LogP contribution in [0.5, 0.6) is 29.0 Å². The number of carbonyl (C=O) groups excluding carboxylic acids is 2. The fraction of sp³-hybridized carbons (Fsp3) is 0.355. The van der Waals surface area contributed by atoms with Gasteiger partial charge in [-0.05, 0) is 56.2 Å². The second-order valence-corrected chi connectivity index (χ2v) is 10.6. The Morgan fingerprint density at radius 1 is 1.04 bits per heavy atom. The summed E-state index contributed by atoms with van der Waals surface area (Å²) in [5.41, 5.74) is 5.54. The van der Waals surface area contributed by atoms with Gasteiger partial charge in [-0.3, -0.25) is 19.9 Å². The summed E-state index contributed by atoms with van der Waals surface area (Å²) in [6.45, 7) is 3.12. The molecule has 1 aromatic heterocycles. The number of nitrogen functional groups attached to an aromatic ring is 1. The third-order valence-corrected chi connectivity index (χ3v) is 7.29. The Labute approximate surface area is 259 Å². The van der Waals surface area contributed by atoms with E-state index in [4.69, 9.17) is 25.4 Å². The van der Waals surface area contributed by atoms with Gasteiger partial charge >= 0.3 is 5.97 Å². The average molecular weight is 627 g/mol. The van der Waals surface area contributed by atoms with Gasteiger partial charge in [-0.2, -0.15) is 13.8 Å². The van der Waals surface area contributed by atoms with E-state index in [0.717, 1.165) is 0 Å². The number of aromatic hydroxyl groups is 1. The topological polar surface area (TPSA) is 155 Å². The van der Waals surface area contributed by atoms with Crippen molar-refractivity contribution in [3.8, 4) is 29.0 Å². The fourth-order valence-corrected chi connectivity index (χ4v) is 4.90. The molecule has 0 unspecified atom stereocenters. The number of carbonyl (C=O) groups is 2. The van der Waals surface area contributed by atoms with Crippen LogP contribution in [0.1, 0.15) is 35.7 Å². The van der Waals surface area contributed by atoms with E-state index in [1.165, 1.54) is 47.2 Å². The lowest BCUT2D eigenvalue weighted by Crippen LogP contribution is -2.45. The highest BCUT2D eigenvalue weighted by molar-refractivity contribution is 5.95. The van der Waals surface area contributed by atoms with Crippen molar-refractivity contribution in [1.29, 1.82) is 5.41 Å². The van der Waals surface area contributed by atoms with Gasteiger partial charge in [0.15, 0.2) is 11.5 Å². The van der Waals surface area contributed by atoms with Crippen LogP contribution in [0.25, 0.3) is 0 Å². The number of benzene rings is 2. The number of anilines is 1. The number of hydrogen-bond acceptors (Lipinski definition) is 10. The van der Waals surface area contributed by atoms with Crippen LogP contribution in [0.3, 0.4) is 0 Å². The van der Waals surface area contributed by atoms with Gasteiger partial charge < -0.3 is 34.9 Å². The molecule has 0 saturated carbocycles. The monoisotopic (exact) mass is 626 g/mol. The second kappa shape index (κ2) is 14.2. The summed E-state index contributed by atoms with van der Waals surface area (Å²) in [5.74, 6) is -5.18. The van der Waals surface area contributed by atoms with Gasteiger partial charge in [0.1, 0.15) is 17.3 Å². The summed E-state index contributed by atoms with van der Waals surface area (Å²) < 4.78 is 48.7. The zero-order valence-electron chi connectivity index (χ0n) is 25.5. The van der Waals surface area contributed by atoms with E-state index in [1.54, 1.807) is 33.2 Å². The van der Waals surface area contributed by atoms with E-state index in [2.05, 4.69) is 4.98 Å². The molecule has 3 aromatic rings. The van der Waals surface area contributed by atoms with E-state index in [0.29, 0.717) is 25.9 Å². The first-order valence-corrected chi connectivity index (χ1v) is 14.2. The minimum atomic E-state index is -1.15. The van der Waals surface area contributed by atoms with Crippen LogP contribution >= 0.6 is 0 Å². The van der Waals surface area contributed by atoms with E-state index in [1.807, 2.05) is 4.90 Å². The number of likely N-dealkylation sites (tertiary alicyclic amines) is 1. The highest BCUT2D eigenvalue weighted by Gasteiger charge is 2.32. The fourth-order valence-electron chi connectivity index (χ4n) is 4.90.